The Balaban J connectivity index is 2.00. The third-order valence-corrected chi connectivity index (χ3v) is 4.04. The zero-order chi connectivity index (χ0) is 18.6. The Bertz CT molecular complexity index is 811. The lowest BCUT2D eigenvalue weighted by Crippen LogP contribution is -2.31. The number of carbonyl (C=O) groups excluding carboxylic acids is 1. The van der Waals surface area contributed by atoms with Crippen molar-refractivity contribution in [1.82, 2.24) is 5.32 Å². The molecule has 25 heavy (non-hydrogen) atoms. The maximum Gasteiger partial charge on any atom is 0.311 e. The van der Waals surface area contributed by atoms with Crippen LogP contribution in [0.25, 0.3) is 0 Å². The van der Waals surface area contributed by atoms with Gasteiger partial charge in [0.25, 0.3) is 5.91 Å². The largest absolute Gasteiger partial charge is 0.477 e. The third kappa shape index (κ3) is 5.08. The zero-order valence-corrected chi connectivity index (χ0v) is 15.1. The van der Waals surface area contributed by atoms with Gasteiger partial charge < -0.3 is 10.1 Å². The van der Waals surface area contributed by atoms with Crippen LogP contribution < -0.4 is 10.1 Å². The minimum atomic E-state index is -0.545. The molecule has 6 nitrogen and oxygen atoms in total. The maximum atomic E-state index is 12.1. The average molecular weight is 383 g/mol. The van der Waals surface area contributed by atoms with Crippen molar-refractivity contribution in [3.05, 3.63) is 67.7 Å². The lowest BCUT2D eigenvalue weighted by atomic mass is 10.1. The molecule has 0 fully saturated rings. The van der Waals surface area contributed by atoms with Gasteiger partial charge in [0.2, 0.25) is 0 Å². The number of ether oxygens (including phenoxy) is 1. The smallest absolute Gasteiger partial charge is 0.311 e. The van der Waals surface area contributed by atoms with Crippen molar-refractivity contribution in [2.75, 3.05) is 6.61 Å². The van der Waals surface area contributed by atoms with E-state index in [-0.39, 0.29) is 24.1 Å². The number of hydrogen-bond acceptors (Lipinski definition) is 4. The molecule has 2 rings (SSSR count). The molecule has 0 saturated carbocycles. The molecule has 0 aliphatic heterocycles. The molecule has 2 aromatic carbocycles. The molecule has 1 N–H and O–H groups in total. The summed E-state index contributed by atoms with van der Waals surface area (Å²) in [6.07, 6.45) is 0. The lowest BCUT2D eigenvalue weighted by molar-refractivity contribution is -0.385. The number of nitro benzene ring substituents is 1. The molecule has 8 heteroatoms. The summed E-state index contributed by atoms with van der Waals surface area (Å²) in [5.41, 5.74) is 1.26. The number of amides is 1. The zero-order valence-electron chi connectivity index (χ0n) is 13.6. The quantitative estimate of drug-likeness (QED) is 0.590. The number of aryl methyl sites for hydroxylation is 1. The van der Waals surface area contributed by atoms with Crippen molar-refractivity contribution in [3.8, 4) is 5.75 Å². The second-order valence-corrected chi connectivity index (χ2v) is 6.32. The minimum absolute atomic E-state index is 0.0444. The summed E-state index contributed by atoms with van der Waals surface area (Å²) in [5.74, 6) is -0.378. The molecule has 0 aliphatic carbocycles. The number of nitro groups is 1. The van der Waals surface area contributed by atoms with Crippen LogP contribution in [0.4, 0.5) is 5.69 Å². The van der Waals surface area contributed by atoms with Gasteiger partial charge in [-0.15, -0.1) is 0 Å². The first kappa shape index (κ1) is 19.0. The normalized spacial score (nSPS) is 11.7. The van der Waals surface area contributed by atoms with Crippen molar-refractivity contribution >= 4 is 34.8 Å². The van der Waals surface area contributed by atoms with E-state index in [0.29, 0.717) is 15.6 Å². The standard InChI is InChI=1S/C17H16Cl2N2O4/c1-10-3-6-16(15(7-10)21(23)24)25-9-17(22)20-11(2)13-5-4-12(18)8-14(13)19/h3-8,11H,9H2,1-2H3,(H,20,22)/t11-/m1/s1. The van der Waals surface area contributed by atoms with Gasteiger partial charge in [-0.2, -0.15) is 0 Å². The Hall–Kier alpha value is -2.31. The Morgan fingerprint density at radius 1 is 1.28 bits per heavy atom. The highest BCUT2D eigenvalue weighted by Crippen LogP contribution is 2.28. The molecule has 0 saturated heterocycles. The summed E-state index contributed by atoms with van der Waals surface area (Å²) in [6.45, 7) is 3.15. The summed E-state index contributed by atoms with van der Waals surface area (Å²) in [4.78, 5) is 22.6. The molecule has 0 heterocycles. The number of nitrogens with zero attached hydrogens (tertiary/aromatic N) is 1. The molecule has 0 spiro atoms. The monoisotopic (exact) mass is 382 g/mol. The van der Waals surface area contributed by atoms with E-state index < -0.39 is 10.8 Å². The first-order valence-corrected chi connectivity index (χ1v) is 8.15. The number of halogens is 2. The van der Waals surface area contributed by atoms with E-state index in [9.17, 15) is 14.9 Å². The van der Waals surface area contributed by atoms with Crippen LogP contribution in [0.3, 0.4) is 0 Å². The Labute approximate surface area is 154 Å². The Kier molecular flexibility index (Phi) is 6.22. The molecule has 0 aliphatic rings. The van der Waals surface area contributed by atoms with Crippen LogP contribution in [0.15, 0.2) is 36.4 Å². The van der Waals surface area contributed by atoms with Gasteiger partial charge in [0.05, 0.1) is 11.0 Å². The summed E-state index contributed by atoms with van der Waals surface area (Å²) < 4.78 is 5.29. The fourth-order valence-corrected chi connectivity index (χ4v) is 2.82. The number of benzene rings is 2. The molecule has 0 radical (unpaired) electrons. The summed E-state index contributed by atoms with van der Waals surface area (Å²) >= 11 is 12.0. The second kappa shape index (κ2) is 8.18. The topological polar surface area (TPSA) is 81.5 Å². The number of rotatable bonds is 6. The van der Waals surface area contributed by atoms with E-state index in [1.807, 2.05) is 0 Å². The van der Waals surface area contributed by atoms with Gasteiger partial charge in [-0.25, -0.2) is 0 Å². The van der Waals surface area contributed by atoms with Crippen molar-refractivity contribution in [1.29, 1.82) is 0 Å². The molecule has 0 unspecified atom stereocenters. The van der Waals surface area contributed by atoms with Crippen LogP contribution in [0.1, 0.15) is 24.1 Å². The molecule has 0 bridgehead atoms. The van der Waals surface area contributed by atoms with Gasteiger partial charge in [0, 0.05) is 16.1 Å². The average Bonchev–Trinajstić information content (AvgIpc) is 2.53. The minimum Gasteiger partial charge on any atom is -0.477 e. The third-order valence-electron chi connectivity index (χ3n) is 3.48. The van der Waals surface area contributed by atoms with Crippen molar-refractivity contribution in [3.63, 3.8) is 0 Å². The molecule has 0 aromatic heterocycles. The molecular weight excluding hydrogens is 367 g/mol. The van der Waals surface area contributed by atoms with Crippen LogP contribution in [0.5, 0.6) is 5.75 Å². The van der Waals surface area contributed by atoms with Gasteiger partial charge >= 0.3 is 5.69 Å². The molecule has 2 aromatic rings. The van der Waals surface area contributed by atoms with E-state index in [2.05, 4.69) is 5.32 Å². The number of nitrogens with one attached hydrogen (secondary N) is 1. The molecule has 132 valence electrons. The fraction of sp³-hybridized carbons (Fsp3) is 0.235. The summed E-state index contributed by atoms with van der Waals surface area (Å²) in [6, 6.07) is 9.17. The Morgan fingerprint density at radius 3 is 2.64 bits per heavy atom. The van der Waals surface area contributed by atoms with Crippen molar-refractivity contribution in [2.24, 2.45) is 0 Å². The fourth-order valence-electron chi connectivity index (χ4n) is 2.25. The van der Waals surface area contributed by atoms with Crippen LogP contribution in [-0.4, -0.2) is 17.4 Å². The van der Waals surface area contributed by atoms with E-state index >= 15 is 0 Å². The highest BCUT2D eigenvalue weighted by Gasteiger charge is 2.18. The summed E-state index contributed by atoms with van der Waals surface area (Å²) in [7, 11) is 0. The number of hydrogen-bond donors (Lipinski definition) is 1. The van der Waals surface area contributed by atoms with E-state index in [1.54, 1.807) is 38.1 Å². The van der Waals surface area contributed by atoms with Gasteiger partial charge in [-0.1, -0.05) is 35.3 Å². The molecule has 1 amide bonds. The van der Waals surface area contributed by atoms with E-state index in [0.717, 1.165) is 5.56 Å². The highest BCUT2D eigenvalue weighted by molar-refractivity contribution is 6.35. The SMILES string of the molecule is Cc1ccc(OCC(=O)N[C@H](C)c2ccc(Cl)cc2Cl)c([N+](=O)[O-])c1. The first-order chi connectivity index (χ1) is 11.8. The highest BCUT2D eigenvalue weighted by atomic mass is 35.5. The van der Waals surface area contributed by atoms with Gasteiger partial charge in [0.15, 0.2) is 12.4 Å². The van der Waals surface area contributed by atoms with E-state index in [4.69, 9.17) is 27.9 Å². The van der Waals surface area contributed by atoms with Crippen LogP contribution >= 0.6 is 23.2 Å². The second-order valence-electron chi connectivity index (χ2n) is 5.47. The van der Waals surface area contributed by atoms with Crippen LogP contribution in [0.2, 0.25) is 10.0 Å². The lowest BCUT2D eigenvalue weighted by Gasteiger charge is -2.16. The van der Waals surface area contributed by atoms with Crippen LogP contribution in [-0.2, 0) is 4.79 Å². The van der Waals surface area contributed by atoms with Gasteiger partial charge in [-0.3, -0.25) is 14.9 Å². The summed E-state index contributed by atoms with van der Waals surface area (Å²) in [5, 5.41) is 14.7. The van der Waals surface area contributed by atoms with Crippen molar-refractivity contribution in [2.45, 2.75) is 19.9 Å². The van der Waals surface area contributed by atoms with Crippen LogP contribution in [0, 0.1) is 17.0 Å². The first-order valence-electron chi connectivity index (χ1n) is 7.40. The predicted octanol–water partition coefficient (Wildman–Crippen LogP) is 4.47. The Morgan fingerprint density at radius 2 is 2.00 bits per heavy atom. The predicted molar refractivity (Wildman–Crippen MR) is 96.3 cm³/mol. The number of carbonyl (C=O) groups is 1. The molecular formula is C17H16Cl2N2O4. The van der Waals surface area contributed by atoms with E-state index in [1.165, 1.54) is 12.1 Å². The van der Waals surface area contributed by atoms with Gasteiger partial charge in [0.1, 0.15) is 0 Å². The molecule has 1 atom stereocenters. The van der Waals surface area contributed by atoms with Crippen molar-refractivity contribution < 1.29 is 14.5 Å². The van der Waals surface area contributed by atoms with Gasteiger partial charge in [-0.05, 0) is 43.2 Å². The maximum absolute atomic E-state index is 12.1.